The van der Waals surface area contributed by atoms with Gasteiger partial charge in [-0.1, -0.05) is 0 Å². The summed E-state index contributed by atoms with van der Waals surface area (Å²) in [6.07, 6.45) is 5.25. The zero-order chi connectivity index (χ0) is 14.8. The van der Waals surface area contributed by atoms with Crippen molar-refractivity contribution in [2.75, 3.05) is 32.7 Å². The van der Waals surface area contributed by atoms with Crippen LogP contribution in [0.4, 0.5) is 0 Å². The zero-order valence-corrected chi connectivity index (χ0v) is 13.5. The Balaban J connectivity index is 0.00000176. The van der Waals surface area contributed by atoms with E-state index in [4.69, 9.17) is 0 Å². The highest BCUT2D eigenvalue weighted by molar-refractivity contribution is 5.93. The molecule has 2 saturated heterocycles. The molecule has 0 radical (unpaired) electrons. The van der Waals surface area contributed by atoms with E-state index in [-0.39, 0.29) is 30.3 Å². The molecule has 0 aliphatic carbocycles. The van der Waals surface area contributed by atoms with Gasteiger partial charge in [-0.15, -0.1) is 12.4 Å². The van der Waals surface area contributed by atoms with Gasteiger partial charge in [-0.3, -0.25) is 14.3 Å². The number of likely N-dealkylation sites (tertiary alicyclic amines) is 1. The Kier molecular flexibility index (Phi) is 5.42. The molecule has 1 N–H and O–H groups in total. The van der Waals surface area contributed by atoms with Crippen molar-refractivity contribution in [1.29, 1.82) is 0 Å². The van der Waals surface area contributed by atoms with E-state index < -0.39 is 0 Å². The number of aryl methyl sites for hydroxylation is 1. The van der Waals surface area contributed by atoms with Crippen LogP contribution in [0.2, 0.25) is 0 Å². The SMILES string of the molecule is Cl.Cn1cc(C(=O)N2CCCC(N3CCNCC3=O)C2)cn1. The number of hydrogen-bond donors (Lipinski definition) is 1. The summed E-state index contributed by atoms with van der Waals surface area (Å²) < 4.78 is 1.63. The number of carbonyl (C=O) groups is 2. The summed E-state index contributed by atoms with van der Waals surface area (Å²) in [7, 11) is 1.80. The van der Waals surface area contributed by atoms with E-state index in [1.165, 1.54) is 0 Å². The van der Waals surface area contributed by atoms with Gasteiger partial charge in [-0.2, -0.15) is 5.10 Å². The fourth-order valence-electron chi connectivity index (χ4n) is 3.12. The molecule has 8 heteroatoms. The molecule has 2 amide bonds. The van der Waals surface area contributed by atoms with Crippen molar-refractivity contribution >= 4 is 24.2 Å². The van der Waals surface area contributed by atoms with Crippen LogP contribution < -0.4 is 5.32 Å². The number of amides is 2. The maximum absolute atomic E-state index is 12.5. The third kappa shape index (κ3) is 3.41. The fourth-order valence-corrected chi connectivity index (χ4v) is 3.12. The minimum Gasteiger partial charge on any atom is -0.336 e. The number of nitrogens with zero attached hydrogens (tertiary/aromatic N) is 4. The second-order valence-electron chi connectivity index (χ2n) is 5.71. The largest absolute Gasteiger partial charge is 0.336 e. The van der Waals surface area contributed by atoms with Gasteiger partial charge >= 0.3 is 0 Å². The Morgan fingerprint density at radius 1 is 1.41 bits per heavy atom. The highest BCUT2D eigenvalue weighted by atomic mass is 35.5. The molecule has 2 aliphatic heterocycles. The molecule has 3 rings (SSSR count). The fraction of sp³-hybridized carbons (Fsp3) is 0.643. The third-order valence-corrected chi connectivity index (χ3v) is 4.20. The second kappa shape index (κ2) is 7.11. The van der Waals surface area contributed by atoms with E-state index in [2.05, 4.69) is 10.4 Å². The first-order valence-electron chi connectivity index (χ1n) is 7.43. The topological polar surface area (TPSA) is 70.5 Å². The Bertz CT molecular complexity index is 547. The van der Waals surface area contributed by atoms with Gasteiger partial charge in [0.2, 0.25) is 5.91 Å². The smallest absolute Gasteiger partial charge is 0.257 e. The van der Waals surface area contributed by atoms with Gasteiger partial charge in [0.15, 0.2) is 0 Å². The molecule has 3 heterocycles. The van der Waals surface area contributed by atoms with Gasteiger partial charge in [-0.25, -0.2) is 0 Å². The first kappa shape index (κ1) is 16.8. The van der Waals surface area contributed by atoms with Crippen LogP contribution >= 0.6 is 12.4 Å². The standard InChI is InChI=1S/C14H21N5O2.ClH/c1-17-9-11(7-16-17)14(21)18-5-2-3-12(10-18)19-6-4-15-8-13(19)20;/h7,9,12,15H,2-6,8,10H2,1H3;1H. The molecule has 0 saturated carbocycles. The second-order valence-corrected chi connectivity index (χ2v) is 5.71. The number of hydrogen-bond acceptors (Lipinski definition) is 4. The van der Waals surface area contributed by atoms with Crippen molar-refractivity contribution in [3.63, 3.8) is 0 Å². The van der Waals surface area contributed by atoms with Crippen LogP contribution in [-0.4, -0.2) is 70.2 Å². The summed E-state index contributed by atoms with van der Waals surface area (Å²) in [6.45, 7) is 3.36. The summed E-state index contributed by atoms with van der Waals surface area (Å²) in [5.41, 5.74) is 0.616. The normalized spacial score (nSPS) is 22.4. The third-order valence-electron chi connectivity index (χ3n) is 4.20. The first-order valence-corrected chi connectivity index (χ1v) is 7.43. The van der Waals surface area contributed by atoms with Gasteiger partial charge < -0.3 is 15.1 Å². The molecule has 22 heavy (non-hydrogen) atoms. The van der Waals surface area contributed by atoms with Crippen LogP contribution in [-0.2, 0) is 11.8 Å². The average Bonchev–Trinajstić information content (AvgIpc) is 2.94. The van der Waals surface area contributed by atoms with Crippen LogP contribution in [0.3, 0.4) is 0 Å². The Morgan fingerprint density at radius 3 is 2.91 bits per heavy atom. The number of nitrogens with one attached hydrogen (secondary N) is 1. The molecule has 0 spiro atoms. The monoisotopic (exact) mass is 327 g/mol. The highest BCUT2D eigenvalue weighted by Gasteiger charge is 2.32. The van der Waals surface area contributed by atoms with Crippen LogP contribution in [0.5, 0.6) is 0 Å². The molecule has 1 aromatic rings. The number of halogens is 1. The summed E-state index contributed by atoms with van der Waals surface area (Å²) >= 11 is 0. The lowest BCUT2D eigenvalue weighted by Gasteiger charge is -2.41. The lowest BCUT2D eigenvalue weighted by Crippen LogP contribution is -2.57. The van der Waals surface area contributed by atoms with Crippen LogP contribution in [0, 0.1) is 0 Å². The Labute approximate surface area is 136 Å². The predicted molar refractivity (Wildman–Crippen MR) is 84.0 cm³/mol. The molecular weight excluding hydrogens is 306 g/mol. The van der Waals surface area contributed by atoms with Crippen molar-refractivity contribution in [2.24, 2.45) is 7.05 Å². The molecule has 1 aromatic heterocycles. The number of piperidine rings is 1. The lowest BCUT2D eigenvalue weighted by molar-refractivity contribution is -0.135. The van der Waals surface area contributed by atoms with Crippen molar-refractivity contribution in [1.82, 2.24) is 24.9 Å². The molecule has 0 aromatic carbocycles. The predicted octanol–water partition coefficient (Wildman–Crippen LogP) is -0.122. The lowest BCUT2D eigenvalue weighted by atomic mass is 10.0. The molecular formula is C14H22ClN5O2. The Morgan fingerprint density at radius 2 is 2.23 bits per heavy atom. The van der Waals surface area contributed by atoms with E-state index in [0.29, 0.717) is 18.7 Å². The van der Waals surface area contributed by atoms with Gasteiger partial charge in [0.1, 0.15) is 0 Å². The minimum atomic E-state index is 0. The molecule has 0 bridgehead atoms. The van der Waals surface area contributed by atoms with Crippen molar-refractivity contribution < 1.29 is 9.59 Å². The summed E-state index contributed by atoms with van der Waals surface area (Å²) in [4.78, 5) is 28.2. The van der Waals surface area contributed by atoms with E-state index in [0.717, 1.165) is 32.5 Å². The number of carbonyl (C=O) groups excluding carboxylic acids is 2. The van der Waals surface area contributed by atoms with Crippen molar-refractivity contribution in [2.45, 2.75) is 18.9 Å². The van der Waals surface area contributed by atoms with Gasteiger partial charge in [0, 0.05) is 45.5 Å². The maximum Gasteiger partial charge on any atom is 0.257 e. The van der Waals surface area contributed by atoms with Crippen molar-refractivity contribution in [3.8, 4) is 0 Å². The minimum absolute atomic E-state index is 0. The van der Waals surface area contributed by atoms with E-state index in [9.17, 15) is 9.59 Å². The highest BCUT2D eigenvalue weighted by Crippen LogP contribution is 2.18. The zero-order valence-electron chi connectivity index (χ0n) is 12.7. The molecule has 2 aliphatic rings. The molecule has 2 fully saturated rings. The first-order chi connectivity index (χ1) is 10.1. The number of aromatic nitrogens is 2. The van der Waals surface area contributed by atoms with Gasteiger partial charge in [0.25, 0.3) is 5.91 Å². The molecule has 1 atom stereocenters. The maximum atomic E-state index is 12.5. The van der Waals surface area contributed by atoms with Gasteiger partial charge in [-0.05, 0) is 12.8 Å². The van der Waals surface area contributed by atoms with Gasteiger partial charge in [0.05, 0.1) is 18.3 Å². The molecule has 7 nitrogen and oxygen atoms in total. The van der Waals surface area contributed by atoms with Crippen molar-refractivity contribution in [3.05, 3.63) is 18.0 Å². The quantitative estimate of drug-likeness (QED) is 0.822. The molecule has 122 valence electrons. The van der Waals surface area contributed by atoms with Crippen LogP contribution in [0.15, 0.2) is 12.4 Å². The average molecular weight is 328 g/mol. The van der Waals surface area contributed by atoms with Crippen LogP contribution in [0.25, 0.3) is 0 Å². The van der Waals surface area contributed by atoms with E-state index in [1.54, 1.807) is 24.1 Å². The number of piperazine rings is 1. The summed E-state index contributed by atoms with van der Waals surface area (Å²) in [5, 5.41) is 7.13. The summed E-state index contributed by atoms with van der Waals surface area (Å²) in [5.74, 6) is 0.150. The number of rotatable bonds is 2. The Hall–Kier alpha value is -1.60. The van der Waals surface area contributed by atoms with E-state index >= 15 is 0 Å². The molecule has 1 unspecified atom stereocenters. The van der Waals surface area contributed by atoms with Crippen LogP contribution in [0.1, 0.15) is 23.2 Å². The summed E-state index contributed by atoms with van der Waals surface area (Å²) in [6, 6.07) is 0.147. The van der Waals surface area contributed by atoms with E-state index in [1.807, 2.05) is 9.80 Å².